The van der Waals surface area contributed by atoms with Crippen LogP contribution in [0.1, 0.15) is 23.6 Å². The summed E-state index contributed by atoms with van der Waals surface area (Å²) in [6, 6.07) is 12.8. The lowest BCUT2D eigenvalue weighted by Crippen LogP contribution is -2.13. The first-order valence-corrected chi connectivity index (χ1v) is 7.70. The van der Waals surface area contributed by atoms with Crippen LogP contribution in [-0.2, 0) is 6.54 Å². The zero-order chi connectivity index (χ0) is 15.4. The number of rotatable bonds is 5. The van der Waals surface area contributed by atoms with Gasteiger partial charge in [0.2, 0.25) is 0 Å². The lowest BCUT2D eigenvalue weighted by Gasteiger charge is -2.21. The van der Waals surface area contributed by atoms with Crippen molar-refractivity contribution in [3.05, 3.63) is 58.1 Å². The van der Waals surface area contributed by atoms with Crippen LogP contribution >= 0.6 is 11.6 Å². The molecule has 1 N–H and O–H groups in total. The van der Waals surface area contributed by atoms with E-state index in [4.69, 9.17) is 11.6 Å². The van der Waals surface area contributed by atoms with Crippen LogP contribution in [0.25, 0.3) is 0 Å². The Bertz CT molecular complexity index is 602. The SMILES string of the molecule is CCNCc1ccc(N(C)c2cc(C)cc(C)c2)cc1Cl. The molecule has 0 fully saturated rings. The molecule has 0 aliphatic rings. The van der Waals surface area contributed by atoms with E-state index < -0.39 is 0 Å². The van der Waals surface area contributed by atoms with Crippen LogP contribution in [0.5, 0.6) is 0 Å². The minimum absolute atomic E-state index is 0.808. The van der Waals surface area contributed by atoms with Crippen molar-refractivity contribution >= 4 is 23.0 Å². The van der Waals surface area contributed by atoms with E-state index in [1.54, 1.807) is 0 Å². The maximum Gasteiger partial charge on any atom is 0.0471 e. The molecule has 0 radical (unpaired) electrons. The van der Waals surface area contributed by atoms with Gasteiger partial charge in [-0.15, -0.1) is 0 Å². The van der Waals surface area contributed by atoms with Crippen LogP contribution in [0.3, 0.4) is 0 Å². The highest BCUT2D eigenvalue weighted by Crippen LogP contribution is 2.29. The summed E-state index contributed by atoms with van der Waals surface area (Å²) in [7, 11) is 2.07. The molecule has 2 aromatic rings. The number of benzene rings is 2. The maximum atomic E-state index is 6.39. The predicted molar refractivity (Wildman–Crippen MR) is 92.8 cm³/mol. The molecular formula is C18H23ClN2. The lowest BCUT2D eigenvalue weighted by atomic mass is 10.1. The maximum absolute atomic E-state index is 6.39. The molecule has 3 heteroatoms. The summed E-state index contributed by atoms with van der Waals surface area (Å²) in [6.07, 6.45) is 0. The first-order chi connectivity index (χ1) is 10.0. The molecule has 0 bridgehead atoms. The monoisotopic (exact) mass is 302 g/mol. The van der Waals surface area contributed by atoms with Crippen molar-refractivity contribution in [2.24, 2.45) is 0 Å². The van der Waals surface area contributed by atoms with Gasteiger partial charge in [-0.2, -0.15) is 0 Å². The topological polar surface area (TPSA) is 15.3 Å². The van der Waals surface area contributed by atoms with Gasteiger partial charge in [0.1, 0.15) is 0 Å². The van der Waals surface area contributed by atoms with Gasteiger partial charge in [0.05, 0.1) is 0 Å². The molecule has 2 aromatic carbocycles. The van der Waals surface area contributed by atoms with Gasteiger partial charge < -0.3 is 10.2 Å². The minimum atomic E-state index is 0.808. The number of anilines is 2. The van der Waals surface area contributed by atoms with Crippen molar-refractivity contribution < 1.29 is 0 Å². The van der Waals surface area contributed by atoms with Crippen molar-refractivity contribution in [2.45, 2.75) is 27.3 Å². The summed E-state index contributed by atoms with van der Waals surface area (Å²) in [6.45, 7) is 8.09. The molecule has 2 rings (SSSR count). The molecule has 0 atom stereocenters. The van der Waals surface area contributed by atoms with Gasteiger partial charge in [-0.05, 0) is 61.3 Å². The van der Waals surface area contributed by atoms with Crippen LogP contribution in [0.15, 0.2) is 36.4 Å². The van der Waals surface area contributed by atoms with Gasteiger partial charge in [-0.1, -0.05) is 30.7 Å². The molecule has 2 nitrogen and oxygen atoms in total. The first kappa shape index (κ1) is 15.9. The van der Waals surface area contributed by atoms with Crippen LogP contribution in [0, 0.1) is 13.8 Å². The van der Waals surface area contributed by atoms with Gasteiger partial charge in [-0.3, -0.25) is 0 Å². The number of nitrogens with zero attached hydrogens (tertiary/aromatic N) is 1. The summed E-state index contributed by atoms with van der Waals surface area (Å²) < 4.78 is 0. The highest BCUT2D eigenvalue weighted by Gasteiger charge is 2.08. The summed E-state index contributed by atoms with van der Waals surface area (Å²) in [4.78, 5) is 2.17. The van der Waals surface area contributed by atoms with Crippen molar-refractivity contribution in [1.82, 2.24) is 5.32 Å². The molecule has 112 valence electrons. The van der Waals surface area contributed by atoms with E-state index in [9.17, 15) is 0 Å². The number of aryl methyl sites for hydroxylation is 2. The Morgan fingerprint density at radius 3 is 2.24 bits per heavy atom. The molecule has 0 unspecified atom stereocenters. The van der Waals surface area contributed by atoms with Crippen LogP contribution in [0.4, 0.5) is 11.4 Å². The molecule has 0 aliphatic heterocycles. The van der Waals surface area contributed by atoms with Gasteiger partial charge in [0, 0.05) is 30.0 Å². The quantitative estimate of drug-likeness (QED) is 0.850. The molecule has 0 saturated carbocycles. The number of hydrogen-bond acceptors (Lipinski definition) is 2. The largest absolute Gasteiger partial charge is 0.345 e. The highest BCUT2D eigenvalue weighted by atomic mass is 35.5. The normalized spacial score (nSPS) is 10.7. The first-order valence-electron chi connectivity index (χ1n) is 7.32. The van der Waals surface area contributed by atoms with Gasteiger partial charge >= 0.3 is 0 Å². The Morgan fingerprint density at radius 1 is 1.00 bits per heavy atom. The third-order valence-corrected chi connectivity index (χ3v) is 3.93. The summed E-state index contributed by atoms with van der Waals surface area (Å²) in [5.74, 6) is 0. The second-order valence-corrected chi connectivity index (χ2v) is 5.87. The fourth-order valence-corrected chi connectivity index (χ4v) is 2.68. The van der Waals surface area contributed by atoms with E-state index in [-0.39, 0.29) is 0 Å². The molecule has 0 saturated heterocycles. The Balaban J connectivity index is 2.26. The number of hydrogen-bond donors (Lipinski definition) is 1. The third kappa shape index (κ3) is 3.99. The van der Waals surface area contributed by atoms with E-state index in [1.807, 2.05) is 6.07 Å². The number of nitrogens with one attached hydrogen (secondary N) is 1. The third-order valence-electron chi connectivity index (χ3n) is 3.58. The molecule has 21 heavy (non-hydrogen) atoms. The summed E-state index contributed by atoms with van der Waals surface area (Å²) in [5, 5.41) is 4.11. The van der Waals surface area contributed by atoms with Crippen molar-refractivity contribution in [1.29, 1.82) is 0 Å². The van der Waals surface area contributed by atoms with Gasteiger partial charge in [0.25, 0.3) is 0 Å². The van der Waals surface area contributed by atoms with Crippen LogP contribution in [0.2, 0.25) is 5.02 Å². The molecule has 0 aliphatic carbocycles. The standard InChI is InChI=1S/C18H23ClN2/c1-5-20-12-15-6-7-16(11-18(15)19)21(4)17-9-13(2)8-14(3)10-17/h6-11,20H,5,12H2,1-4H3. The van der Waals surface area contributed by atoms with E-state index in [2.05, 4.69) is 68.4 Å². The Kier molecular flexibility index (Phi) is 5.27. The van der Waals surface area contributed by atoms with Crippen molar-refractivity contribution in [3.63, 3.8) is 0 Å². The smallest absolute Gasteiger partial charge is 0.0471 e. The van der Waals surface area contributed by atoms with Crippen molar-refractivity contribution in [3.8, 4) is 0 Å². The molecule has 0 heterocycles. The van der Waals surface area contributed by atoms with Gasteiger partial charge in [-0.25, -0.2) is 0 Å². The Hall–Kier alpha value is -1.51. The number of halogens is 1. The Morgan fingerprint density at radius 2 is 1.67 bits per heavy atom. The second-order valence-electron chi connectivity index (χ2n) is 5.46. The zero-order valence-electron chi connectivity index (χ0n) is 13.2. The second kappa shape index (κ2) is 6.97. The molecule has 0 aromatic heterocycles. The van der Waals surface area contributed by atoms with E-state index in [0.29, 0.717) is 0 Å². The highest BCUT2D eigenvalue weighted by molar-refractivity contribution is 6.31. The summed E-state index contributed by atoms with van der Waals surface area (Å²) >= 11 is 6.39. The van der Waals surface area contributed by atoms with Crippen LogP contribution < -0.4 is 10.2 Å². The van der Waals surface area contributed by atoms with E-state index in [0.717, 1.165) is 29.4 Å². The van der Waals surface area contributed by atoms with Crippen LogP contribution in [-0.4, -0.2) is 13.6 Å². The molecule has 0 spiro atoms. The fraction of sp³-hybridized carbons (Fsp3) is 0.333. The van der Waals surface area contributed by atoms with E-state index >= 15 is 0 Å². The average Bonchev–Trinajstić information content (AvgIpc) is 2.44. The molecular weight excluding hydrogens is 280 g/mol. The fourth-order valence-electron chi connectivity index (χ4n) is 2.44. The lowest BCUT2D eigenvalue weighted by molar-refractivity contribution is 0.727. The molecule has 0 amide bonds. The average molecular weight is 303 g/mol. The summed E-state index contributed by atoms with van der Waals surface area (Å²) in [5.41, 5.74) is 5.96. The predicted octanol–water partition coefficient (Wildman–Crippen LogP) is 4.83. The zero-order valence-corrected chi connectivity index (χ0v) is 14.0. The van der Waals surface area contributed by atoms with Crippen molar-refractivity contribution in [2.75, 3.05) is 18.5 Å². The minimum Gasteiger partial charge on any atom is -0.345 e. The Labute approximate surface area is 132 Å². The van der Waals surface area contributed by atoms with E-state index in [1.165, 1.54) is 16.8 Å². The van der Waals surface area contributed by atoms with Gasteiger partial charge in [0.15, 0.2) is 0 Å².